The van der Waals surface area contributed by atoms with E-state index in [4.69, 9.17) is 0 Å². The highest BCUT2D eigenvalue weighted by Gasteiger charge is 2.01. The third-order valence-electron chi connectivity index (χ3n) is 2.85. The van der Waals surface area contributed by atoms with E-state index in [1.54, 1.807) is 0 Å². The second kappa shape index (κ2) is 7.50. The van der Waals surface area contributed by atoms with Crippen LogP contribution in [-0.4, -0.2) is 0 Å². The van der Waals surface area contributed by atoms with Crippen LogP contribution in [0.25, 0.3) is 17.2 Å². The summed E-state index contributed by atoms with van der Waals surface area (Å²) in [5.74, 6) is 0. The summed E-state index contributed by atoms with van der Waals surface area (Å²) in [5.41, 5.74) is 5.07. The van der Waals surface area contributed by atoms with Gasteiger partial charge >= 0.3 is 0 Å². The number of benzene rings is 2. The van der Waals surface area contributed by atoms with Gasteiger partial charge in [0.1, 0.15) is 0 Å². The van der Waals surface area contributed by atoms with Gasteiger partial charge in [0.15, 0.2) is 0 Å². The first kappa shape index (κ1) is 14.2. The van der Waals surface area contributed by atoms with Crippen LogP contribution in [-0.2, 0) is 6.42 Å². The highest BCUT2D eigenvalue weighted by atomic mass is 14.1. The van der Waals surface area contributed by atoms with Gasteiger partial charge in [0.25, 0.3) is 0 Å². The summed E-state index contributed by atoms with van der Waals surface area (Å²) in [6.45, 7) is 10.0. The molecule has 0 saturated carbocycles. The Balaban J connectivity index is 0.000000771. The molecule has 2 rings (SSSR count). The van der Waals surface area contributed by atoms with E-state index in [2.05, 4.69) is 56.0 Å². The van der Waals surface area contributed by atoms with Crippen molar-refractivity contribution in [2.75, 3.05) is 0 Å². The Kier molecular flexibility index (Phi) is 5.93. The molecule has 0 N–H and O–H groups in total. The summed E-state index contributed by atoms with van der Waals surface area (Å²) >= 11 is 0. The van der Waals surface area contributed by atoms with Gasteiger partial charge in [0, 0.05) is 0 Å². The molecule has 0 saturated heterocycles. The van der Waals surface area contributed by atoms with Gasteiger partial charge < -0.3 is 0 Å². The van der Waals surface area contributed by atoms with Gasteiger partial charge in [-0.05, 0) is 28.7 Å². The first-order valence-corrected chi connectivity index (χ1v) is 6.66. The van der Waals surface area contributed by atoms with Crippen LogP contribution >= 0.6 is 0 Å². The molecular weight excluding hydrogens is 216 g/mol. The van der Waals surface area contributed by atoms with Crippen LogP contribution in [0.15, 0.2) is 55.1 Å². The van der Waals surface area contributed by atoms with Crippen LogP contribution in [0.4, 0.5) is 0 Å². The van der Waals surface area contributed by atoms with E-state index in [0.717, 1.165) is 6.42 Å². The van der Waals surface area contributed by atoms with Crippen molar-refractivity contribution in [2.45, 2.75) is 27.2 Å². The molecule has 18 heavy (non-hydrogen) atoms. The van der Waals surface area contributed by atoms with Crippen LogP contribution in [0.3, 0.4) is 0 Å². The van der Waals surface area contributed by atoms with Crippen molar-refractivity contribution in [3.63, 3.8) is 0 Å². The molecule has 0 aromatic heterocycles. The zero-order chi connectivity index (χ0) is 13.4. The Bertz CT molecular complexity index is 478. The van der Waals surface area contributed by atoms with Crippen molar-refractivity contribution in [1.29, 1.82) is 0 Å². The molecule has 0 spiro atoms. The average Bonchev–Trinajstić information content (AvgIpc) is 2.49. The van der Waals surface area contributed by atoms with Crippen molar-refractivity contribution in [2.24, 2.45) is 0 Å². The van der Waals surface area contributed by atoms with E-state index in [1.165, 1.54) is 22.3 Å². The molecule has 0 aliphatic heterocycles. The van der Waals surface area contributed by atoms with E-state index in [1.807, 2.05) is 26.0 Å². The van der Waals surface area contributed by atoms with Crippen LogP contribution in [0.5, 0.6) is 0 Å². The van der Waals surface area contributed by atoms with Gasteiger partial charge in [-0.15, -0.1) is 0 Å². The molecule has 0 nitrogen and oxygen atoms in total. The van der Waals surface area contributed by atoms with Gasteiger partial charge in [-0.3, -0.25) is 0 Å². The Morgan fingerprint density at radius 3 is 2.11 bits per heavy atom. The first-order valence-electron chi connectivity index (χ1n) is 6.66. The number of rotatable bonds is 3. The van der Waals surface area contributed by atoms with Gasteiger partial charge in [-0.2, -0.15) is 0 Å². The first-order chi connectivity index (χ1) is 8.85. The molecular formula is C18H22. The normalized spacial score (nSPS) is 9.28. The predicted molar refractivity (Wildman–Crippen MR) is 82.7 cm³/mol. The van der Waals surface area contributed by atoms with Crippen LogP contribution in [0.1, 0.15) is 31.9 Å². The van der Waals surface area contributed by atoms with Gasteiger partial charge in [0.2, 0.25) is 0 Å². The van der Waals surface area contributed by atoms with E-state index in [-0.39, 0.29) is 0 Å². The Morgan fingerprint density at radius 2 is 1.56 bits per heavy atom. The number of hydrogen-bond donors (Lipinski definition) is 0. The molecule has 0 bridgehead atoms. The third-order valence-corrected chi connectivity index (χ3v) is 2.85. The van der Waals surface area contributed by atoms with Gasteiger partial charge in [-0.25, -0.2) is 0 Å². The fraction of sp³-hybridized carbons (Fsp3) is 0.222. The van der Waals surface area contributed by atoms with E-state index in [9.17, 15) is 0 Å². The lowest BCUT2D eigenvalue weighted by atomic mass is 9.98. The summed E-state index contributed by atoms with van der Waals surface area (Å²) in [5, 5.41) is 0. The summed E-state index contributed by atoms with van der Waals surface area (Å²) < 4.78 is 0. The van der Waals surface area contributed by atoms with Crippen LogP contribution in [0, 0.1) is 0 Å². The van der Waals surface area contributed by atoms with E-state index < -0.39 is 0 Å². The van der Waals surface area contributed by atoms with Gasteiger partial charge in [-0.1, -0.05) is 82.0 Å². The molecule has 0 aliphatic carbocycles. The quantitative estimate of drug-likeness (QED) is 0.654. The predicted octanol–water partition coefficient (Wildman–Crippen LogP) is 5.59. The molecule has 0 amide bonds. The zero-order valence-corrected chi connectivity index (χ0v) is 11.6. The molecule has 2 aromatic rings. The summed E-state index contributed by atoms with van der Waals surface area (Å²) in [7, 11) is 0. The lowest BCUT2D eigenvalue weighted by Crippen LogP contribution is -1.84. The number of hydrogen-bond acceptors (Lipinski definition) is 0. The Labute approximate surface area is 111 Å². The molecule has 94 valence electrons. The summed E-state index contributed by atoms with van der Waals surface area (Å²) in [6, 6.07) is 17.1. The van der Waals surface area contributed by atoms with Crippen LogP contribution < -0.4 is 0 Å². The lowest BCUT2D eigenvalue weighted by Gasteiger charge is -2.06. The van der Waals surface area contributed by atoms with Gasteiger partial charge in [0.05, 0.1) is 0 Å². The zero-order valence-electron chi connectivity index (χ0n) is 11.6. The highest BCUT2D eigenvalue weighted by Crippen LogP contribution is 2.24. The minimum Gasteiger partial charge on any atom is -0.0984 e. The van der Waals surface area contributed by atoms with E-state index >= 15 is 0 Å². The molecule has 0 aliphatic rings. The molecule has 0 radical (unpaired) electrons. The Hall–Kier alpha value is -1.82. The van der Waals surface area contributed by atoms with E-state index in [0.29, 0.717) is 0 Å². The maximum absolute atomic E-state index is 3.85. The molecule has 0 unspecified atom stereocenters. The third kappa shape index (κ3) is 3.33. The summed E-state index contributed by atoms with van der Waals surface area (Å²) in [6.07, 6.45) is 2.99. The fourth-order valence-electron chi connectivity index (χ4n) is 1.86. The second-order valence-corrected chi connectivity index (χ2v) is 3.84. The average molecular weight is 238 g/mol. The lowest BCUT2D eigenvalue weighted by molar-refractivity contribution is 1.14. The minimum atomic E-state index is 1.09. The Morgan fingerprint density at radius 1 is 0.944 bits per heavy atom. The topological polar surface area (TPSA) is 0 Å². The fourth-order valence-corrected chi connectivity index (χ4v) is 1.86. The van der Waals surface area contributed by atoms with Crippen LogP contribution in [0.2, 0.25) is 0 Å². The molecule has 0 heteroatoms. The highest BCUT2D eigenvalue weighted by molar-refractivity contribution is 5.74. The maximum atomic E-state index is 3.85. The largest absolute Gasteiger partial charge is 0.0984 e. The molecule has 0 heterocycles. The van der Waals surface area contributed by atoms with Crippen molar-refractivity contribution in [1.82, 2.24) is 0 Å². The van der Waals surface area contributed by atoms with Crippen molar-refractivity contribution in [3.8, 4) is 11.1 Å². The molecule has 0 atom stereocenters. The monoisotopic (exact) mass is 238 g/mol. The second-order valence-electron chi connectivity index (χ2n) is 3.84. The molecule has 0 fully saturated rings. The SMILES string of the molecule is C=Cc1ccccc1-c1ccc(CC)cc1.CC. The van der Waals surface area contributed by atoms with Crippen molar-refractivity contribution in [3.05, 3.63) is 66.2 Å². The molecule has 2 aromatic carbocycles. The number of aryl methyl sites for hydroxylation is 1. The maximum Gasteiger partial charge on any atom is -0.0112 e. The van der Waals surface area contributed by atoms with Crippen molar-refractivity contribution >= 4 is 6.08 Å². The minimum absolute atomic E-state index is 1.09. The summed E-state index contributed by atoms with van der Waals surface area (Å²) in [4.78, 5) is 0. The van der Waals surface area contributed by atoms with Crippen molar-refractivity contribution < 1.29 is 0 Å². The smallest absolute Gasteiger partial charge is 0.0112 e. The standard InChI is InChI=1S/C16H16.C2H6/c1-3-13-9-11-15(12-10-13)16-8-6-5-7-14(16)4-2;1-2/h4-12H,2-3H2,1H3;1-2H3.